The van der Waals surface area contributed by atoms with Crippen molar-refractivity contribution in [1.29, 1.82) is 0 Å². The van der Waals surface area contributed by atoms with Crippen LogP contribution in [0, 0.1) is 6.92 Å². The average Bonchev–Trinajstić information content (AvgIpc) is 2.15. The van der Waals surface area contributed by atoms with Crippen molar-refractivity contribution < 1.29 is 17.5 Å². The first-order chi connectivity index (χ1) is 7.29. The fraction of sp³-hybridized carbons (Fsp3) is 0.300. The molecule has 0 saturated heterocycles. The van der Waals surface area contributed by atoms with Crippen molar-refractivity contribution in [2.24, 2.45) is 0 Å². The molecule has 1 aromatic carbocycles. The highest BCUT2D eigenvalue weighted by molar-refractivity contribution is 7.85. The van der Waals surface area contributed by atoms with Gasteiger partial charge in [-0.3, -0.25) is 4.79 Å². The number of rotatable bonds is 3. The Hall–Kier alpha value is -1.40. The molecule has 1 amide bonds. The summed E-state index contributed by atoms with van der Waals surface area (Å²) in [6, 6.07) is 6.75. The standard InChI is InChI=1S/C10H13NO4S/c1-8-4-6-9(7-5-8)10(12)11(2)15-16(3,13)14/h4-7H,1-3H3. The summed E-state index contributed by atoms with van der Waals surface area (Å²) in [6.45, 7) is 1.89. The van der Waals surface area contributed by atoms with Crippen molar-refractivity contribution in [1.82, 2.24) is 5.06 Å². The van der Waals surface area contributed by atoms with Crippen LogP contribution in [0.2, 0.25) is 0 Å². The van der Waals surface area contributed by atoms with Crippen LogP contribution in [0.1, 0.15) is 15.9 Å². The van der Waals surface area contributed by atoms with E-state index in [0.29, 0.717) is 10.6 Å². The molecule has 1 rings (SSSR count). The van der Waals surface area contributed by atoms with E-state index in [2.05, 4.69) is 4.28 Å². The summed E-state index contributed by atoms with van der Waals surface area (Å²) in [5.41, 5.74) is 1.39. The quantitative estimate of drug-likeness (QED) is 0.742. The number of hydroxylamine groups is 2. The van der Waals surface area contributed by atoms with Crippen molar-refractivity contribution in [3.05, 3.63) is 35.4 Å². The Morgan fingerprint density at radius 3 is 2.19 bits per heavy atom. The fourth-order valence-corrected chi connectivity index (χ4v) is 1.59. The van der Waals surface area contributed by atoms with Gasteiger partial charge in [0.2, 0.25) is 0 Å². The maximum absolute atomic E-state index is 11.7. The first-order valence-electron chi connectivity index (χ1n) is 4.54. The van der Waals surface area contributed by atoms with Gasteiger partial charge in [0.25, 0.3) is 16.0 Å². The summed E-state index contributed by atoms with van der Waals surface area (Å²) in [5.74, 6) is -0.509. The summed E-state index contributed by atoms with van der Waals surface area (Å²) in [6.07, 6.45) is 0.881. The van der Waals surface area contributed by atoms with Gasteiger partial charge in [0, 0.05) is 12.6 Å². The Kier molecular flexibility index (Phi) is 3.66. The second kappa shape index (κ2) is 4.63. The van der Waals surface area contributed by atoms with Crippen LogP contribution in [0.5, 0.6) is 0 Å². The number of carbonyl (C=O) groups excluding carboxylic acids is 1. The Labute approximate surface area is 94.7 Å². The first kappa shape index (κ1) is 12.7. The van der Waals surface area contributed by atoms with E-state index in [1.807, 2.05) is 6.92 Å². The summed E-state index contributed by atoms with van der Waals surface area (Å²) >= 11 is 0. The highest BCUT2D eigenvalue weighted by Crippen LogP contribution is 2.07. The second-order valence-electron chi connectivity index (χ2n) is 3.45. The molecule has 88 valence electrons. The number of amides is 1. The molecular formula is C10H13NO4S. The van der Waals surface area contributed by atoms with Crippen LogP contribution in [-0.4, -0.2) is 32.7 Å². The number of nitrogens with zero attached hydrogens (tertiary/aromatic N) is 1. The molecule has 0 N–H and O–H groups in total. The van der Waals surface area contributed by atoms with Gasteiger partial charge in [-0.15, -0.1) is 4.28 Å². The molecule has 0 saturated carbocycles. The third-order valence-corrected chi connectivity index (χ3v) is 2.33. The molecule has 1 aromatic rings. The van der Waals surface area contributed by atoms with Crippen molar-refractivity contribution in [2.75, 3.05) is 13.3 Å². The average molecular weight is 243 g/mol. The largest absolute Gasteiger partial charge is 0.285 e. The van der Waals surface area contributed by atoms with Gasteiger partial charge in [-0.25, -0.2) is 5.06 Å². The third-order valence-electron chi connectivity index (χ3n) is 1.83. The van der Waals surface area contributed by atoms with Crippen LogP contribution >= 0.6 is 0 Å². The van der Waals surface area contributed by atoms with E-state index >= 15 is 0 Å². The Morgan fingerprint density at radius 1 is 1.25 bits per heavy atom. The molecule has 0 aromatic heterocycles. The molecule has 0 unspecified atom stereocenters. The van der Waals surface area contributed by atoms with E-state index in [9.17, 15) is 13.2 Å². The number of carbonyl (C=O) groups is 1. The monoisotopic (exact) mass is 243 g/mol. The van der Waals surface area contributed by atoms with E-state index in [4.69, 9.17) is 0 Å². The van der Waals surface area contributed by atoms with Crippen LogP contribution < -0.4 is 0 Å². The van der Waals surface area contributed by atoms with Crippen molar-refractivity contribution in [3.63, 3.8) is 0 Å². The topological polar surface area (TPSA) is 63.7 Å². The van der Waals surface area contributed by atoms with Gasteiger partial charge in [0.15, 0.2) is 0 Å². The fourth-order valence-electron chi connectivity index (χ4n) is 1.11. The molecule has 0 atom stereocenters. The predicted molar refractivity (Wildman–Crippen MR) is 59.2 cm³/mol. The Bertz CT molecular complexity index is 478. The van der Waals surface area contributed by atoms with Gasteiger partial charge >= 0.3 is 0 Å². The van der Waals surface area contributed by atoms with Gasteiger partial charge in [0.05, 0.1) is 6.26 Å². The molecule has 0 spiro atoms. The zero-order valence-corrected chi connectivity index (χ0v) is 10.1. The minimum atomic E-state index is -3.68. The van der Waals surface area contributed by atoms with Crippen molar-refractivity contribution >= 4 is 16.0 Å². The smallest absolute Gasteiger partial charge is 0.267 e. The van der Waals surface area contributed by atoms with Gasteiger partial charge < -0.3 is 0 Å². The molecule has 0 aliphatic heterocycles. The third kappa shape index (κ3) is 3.63. The van der Waals surface area contributed by atoms with Gasteiger partial charge in [-0.2, -0.15) is 8.42 Å². The molecule has 0 aliphatic rings. The van der Waals surface area contributed by atoms with Crippen LogP contribution in [0.25, 0.3) is 0 Å². The molecule has 16 heavy (non-hydrogen) atoms. The number of hydrogen-bond acceptors (Lipinski definition) is 4. The Balaban J connectivity index is 2.82. The molecule has 0 fully saturated rings. The van der Waals surface area contributed by atoms with Crippen LogP contribution in [0.15, 0.2) is 24.3 Å². The van der Waals surface area contributed by atoms with E-state index in [1.54, 1.807) is 24.3 Å². The van der Waals surface area contributed by atoms with Gasteiger partial charge in [-0.1, -0.05) is 17.7 Å². The normalized spacial score (nSPS) is 11.2. The molecule has 0 aliphatic carbocycles. The first-order valence-corrected chi connectivity index (χ1v) is 6.35. The summed E-state index contributed by atoms with van der Waals surface area (Å²) in [4.78, 5) is 11.7. The lowest BCUT2D eigenvalue weighted by molar-refractivity contribution is -0.00807. The minimum Gasteiger partial charge on any atom is -0.267 e. The predicted octanol–water partition coefficient (Wildman–Crippen LogP) is 0.958. The lowest BCUT2D eigenvalue weighted by Crippen LogP contribution is -2.29. The summed E-state index contributed by atoms with van der Waals surface area (Å²) < 4.78 is 26.1. The van der Waals surface area contributed by atoms with E-state index in [1.165, 1.54) is 7.05 Å². The molecule has 5 nitrogen and oxygen atoms in total. The lowest BCUT2D eigenvalue weighted by Gasteiger charge is -2.14. The number of hydrogen-bond donors (Lipinski definition) is 0. The zero-order chi connectivity index (χ0) is 12.3. The second-order valence-corrected chi connectivity index (χ2v) is 5.00. The highest BCUT2D eigenvalue weighted by Gasteiger charge is 2.16. The highest BCUT2D eigenvalue weighted by atomic mass is 32.2. The summed E-state index contributed by atoms with van der Waals surface area (Å²) in [5, 5.41) is 0.694. The SMILES string of the molecule is Cc1ccc(C(=O)N(C)OS(C)(=O)=O)cc1. The maximum atomic E-state index is 11.7. The molecule has 0 radical (unpaired) electrons. The van der Waals surface area contributed by atoms with E-state index < -0.39 is 16.0 Å². The number of benzene rings is 1. The van der Waals surface area contributed by atoms with Crippen LogP contribution in [0.4, 0.5) is 0 Å². The molecule has 6 heteroatoms. The van der Waals surface area contributed by atoms with Crippen molar-refractivity contribution in [3.8, 4) is 0 Å². The number of aryl methyl sites for hydroxylation is 1. The molecule has 0 bridgehead atoms. The summed E-state index contributed by atoms with van der Waals surface area (Å²) in [7, 11) is -2.43. The Morgan fingerprint density at radius 2 is 1.75 bits per heavy atom. The molecule has 0 heterocycles. The van der Waals surface area contributed by atoms with E-state index in [-0.39, 0.29) is 0 Å². The van der Waals surface area contributed by atoms with Crippen molar-refractivity contribution in [2.45, 2.75) is 6.92 Å². The van der Waals surface area contributed by atoms with Gasteiger partial charge in [0.1, 0.15) is 0 Å². The van der Waals surface area contributed by atoms with Crippen LogP contribution in [-0.2, 0) is 14.4 Å². The van der Waals surface area contributed by atoms with Crippen LogP contribution in [0.3, 0.4) is 0 Å². The molecular weight excluding hydrogens is 230 g/mol. The maximum Gasteiger partial charge on any atom is 0.285 e. The van der Waals surface area contributed by atoms with E-state index in [0.717, 1.165) is 11.8 Å². The lowest BCUT2D eigenvalue weighted by atomic mass is 10.1. The minimum absolute atomic E-state index is 0.372. The zero-order valence-electron chi connectivity index (χ0n) is 9.30. The van der Waals surface area contributed by atoms with Gasteiger partial charge in [-0.05, 0) is 19.1 Å².